The fraction of sp³-hybridized carbons (Fsp3) is 0.333. The number of aromatic nitrogens is 1. The molecule has 16 heavy (non-hydrogen) atoms. The first-order valence-corrected chi connectivity index (χ1v) is 5.38. The molecule has 1 aromatic rings. The van der Waals surface area contributed by atoms with Crippen LogP contribution in [-0.4, -0.2) is 16.1 Å². The van der Waals surface area contributed by atoms with Crippen LogP contribution in [0.25, 0.3) is 0 Å². The Morgan fingerprint density at radius 2 is 2.19 bits per heavy atom. The first-order chi connectivity index (χ1) is 7.45. The number of rotatable bonds is 4. The van der Waals surface area contributed by atoms with E-state index in [1.807, 2.05) is 4.98 Å². The molecule has 0 spiro atoms. The average Bonchev–Trinajstić information content (AvgIpc) is 2.16. The van der Waals surface area contributed by atoms with Crippen molar-refractivity contribution in [2.24, 2.45) is 0 Å². The molecule has 0 aliphatic rings. The number of hydrogen-bond acceptors (Lipinski definition) is 2. The average molecular weight is 296 g/mol. The van der Waals surface area contributed by atoms with Crippen LogP contribution in [-0.2, 0) is 16.5 Å². The van der Waals surface area contributed by atoms with Gasteiger partial charge in [-0.05, 0) is 11.6 Å². The van der Waals surface area contributed by atoms with Crippen LogP contribution in [0.2, 0.25) is 0 Å². The normalized spacial score (nSPS) is 10.8. The number of H-pyrrole nitrogens is 1. The van der Waals surface area contributed by atoms with Gasteiger partial charge in [-0.3, -0.25) is 9.59 Å². The minimum atomic E-state index is -2.83. The largest absolute Gasteiger partial charge is 0.481 e. The van der Waals surface area contributed by atoms with E-state index in [2.05, 4.69) is 15.9 Å². The monoisotopic (exact) mass is 295 g/mol. The molecule has 0 bridgehead atoms. The van der Waals surface area contributed by atoms with Crippen LogP contribution < -0.4 is 5.56 Å². The molecule has 0 unspecified atom stereocenters. The zero-order valence-corrected chi connectivity index (χ0v) is 9.55. The highest BCUT2D eigenvalue weighted by molar-refractivity contribution is 9.08. The van der Waals surface area contributed by atoms with Gasteiger partial charge in [0.2, 0.25) is 0 Å². The number of hydrogen-bond donors (Lipinski definition) is 2. The van der Waals surface area contributed by atoms with Crippen molar-refractivity contribution in [2.45, 2.75) is 18.2 Å². The van der Waals surface area contributed by atoms with Crippen molar-refractivity contribution in [1.29, 1.82) is 0 Å². The maximum absolute atomic E-state index is 12.4. The Hall–Kier alpha value is -1.24. The highest BCUT2D eigenvalue weighted by Gasteiger charge is 2.15. The Bertz CT molecular complexity index is 459. The van der Waals surface area contributed by atoms with Crippen molar-refractivity contribution in [1.82, 2.24) is 4.98 Å². The minimum Gasteiger partial charge on any atom is -0.481 e. The van der Waals surface area contributed by atoms with Gasteiger partial charge in [0, 0.05) is 10.9 Å². The van der Waals surface area contributed by atoms with E-state index in [0.717, 1.165) is 6.07 Å². The van der Waals surface area contributed by atoms with Gasteiger partial charge in [-0.1, -0.05) is 15.9 Å². The number of carboxylic acid groups (broad SMARTS) is 1. The smallest absolute Gasteiger partial charge is 0.307 e. The quantitative estimate of drug-likeness (QED) is 0.833. The maximum atomic E-state index is 12.4. The summed E-state index contributed by atoms with van der Waals surface area (Å²) < 4.78 is 24.7. The molecule has 4 nitrogen and oxygen atoms in total. The summed E-state index contributed by atoms with van der Waals surface area (Å²) in [5.74, 6) is -1.17. The molecule has 1 rings (SSSR count). The molecule has 0 aliphatic carbocycles. The fourth-order valence-corrected chi connectivity index (χ4v) is 1.86. The van der Waals surface area contributed by atoms with Gasteiger partial charge >= 0.3 is 5.97 Å². The molecule has 0 saturated carbocycles. The van der Waals surface area contributed by atoms with Crippen molar-refractivity contribution in [2.75, 3.05) is 0 Å². The first kappa shape index (κ1) is 12.8. The lowest BCUT2D eigenvalue weighted by Crippen LogP contribution is -2.18. The summed E-state index contributed by atoms with van der Waals surface area (Å²) in [7, 11) is 0. The highest BCUT2D eigenvalue weighted by atomic mass is 79.9. The molecule has 0 fully saturated rings. The van der Waals surface area contributed by atoms with Crippen LogP contribution in [0.1, 0.15) is 23.2 Å². The van der Waals surface area contributed by atoms with E-state index in [0.29, 0.717) is 0 Å². The first-order valence-electron chi connectivity index (χ1n) is 4.26. The summed E-state index contributed by atoms with van der Waals surface area (Å²) >= 11 is 3.01. The molecule has 0 aliphatic heterocycles. The Balaban J connectivity index is 3.30. The van der Waals surface area contributed by atoms with Gasteiger partial charge in [0.15, 0.2) is 0 Å². The minimum absolute atomic E-state index is 0.100. The van der Waals surface area contributed by atoms with Crippen molar-refractivity contribution >= 4 is 21.9 Å². The molecule has 1 heterocycles. The van der Waals surface area contributed by atoms with E-state index >= 15 is 0 Å². The van der Waals surface area contributed by atoms with Gasteiger partial charge in [0.1, 0.15) is 0 Å². The summed E-state index contributed by atoms with van der Waals surface area (Å²) in [6, 6.07) is 1.01. The standard InChI is InChI=1S/C9H8BrF2NO3/c10-3-5-4(2-7(14)15)1-6(8(11)12)13-9(5)16/h1,8H,2-3H2,(H,13,16)(H,14,15). The third-order valence-corrected chi connectivity index (χ3v) is 2.52. The Morgan fingerprint density at radius 1 is 1.56 bits per heavy atom. The zero-order chi connectivity index (χ0) is 12.3. The molecule has 0 aromatic carbocycles. The van der Waals surface area contributed by atoms with E-state index in [1.54, 1.807) is 0 Å². The highest BCUT2D eigenvalue weighted by Crippen LogP contribution is 2.18. The van der Waals surface area contributed by atoms with Crippen LogP contribution in [0.3, 0.4) is 0 Å². The molecule has 0 atom stereocenters. The van der Waals surface area contributed by atoms with Crippen LogP contribution in [0.15, 0.2) is 10.9 Å². The van der Waals surface area contributed by atoms with Crippen molar-refractivity contribution in [3.8, 4) is 0 Å². The Kier molecular flexibility index (Phi) is 4.17. The number of nitrogens with one attached hydrogen (secondary N) is 1. The number of carbonyl (C=O) groups is 1. The van der Waals surface area contributed by atoms with Crippen LogP contribution in [0.4, 0.5) is 8.78 Å². The van der Waals surface area contributed by atoms with Gasteiger partial charge in [-0.25, -0.2) is 8.78 Å². The number of carboxylic acids is 1. The van der Waals surface area contributed by atoms with Crippen LogP contribution in [0.5, 0.6) is 0 Å². The van der Waals surface area contributed by atoms with Gasteiger partial charge in [0.05, 0.1) is 12.1 Å². The molecular weight excluding hydrogens is 288 g/mol. The SMILES string of the molecule is O=C(O)Cc1cc(C(F)F)[nH]c(=O)c1CBr. The topological polar surface area (TPSA) is 70.2 Å². The Labute approximate surface area is 97.4 Å². The van der Waals surface area contributed by atoms with E-state index in [4.69, 9.17) is 5.11 Å². The fourth-order valence-electron chi connectivity index (χ4n) is 1.25. The van der Waals surface area contributed by atoms with Gasteiger partial charge < -0.3 is 10.1 Å². The van der Waals surface area contributed by atoms with E-state index in [9.17, 15) is 18.4 Å². The lowest BCUT2D eigenvalue weighted by Gasteiger charge is -2.07. The lowest BCUT2D eigenvalue weighted by molar-refractivity contribution is -0.136. The number of aliphatic carboxylic acids is 1. The van der Waals surface area contributed by atoms with Gasteiger partial charge in [-0.15, -0.1) is 0 Å². The summed E-state index contributed by atoms with van der Waals surface area (Å²) in [5.41, 5.74) is -0.993. The molecule has 1 aromatic heterocycles. The predicted octanol–water partition coefficient (Wildman–Crippen LogP) is 1.83. The van der Waals surface area contributed by atoms with Gasteiger partial charge in [0.25, 0.3) is 12.0 Å². The molecular formula is C9H8BrF2NO3. The zero-order valence-electron chi connectivity index (χ0n) is 7.97. The second-order valence-electron chi connectivity index (χ2n) is 3.06. The summed E-state index contributed by atoms with van der Waals surface area (Å²) in [6.45, 7) is 0. The third kappa shape index (κ3) is 2.88. The lowest BCUT2D eigenvalue weighted by atomic mass is 10.1. The number of aromatic amines is 1. The van der Waals surface area contributed by atoms with Crippen molar-refractivity contribution in [3.63, 3.8) is 0 Å². The molecule has 88 valence electrons. The van der Waals surface area contributed by atoms with E-state index in [1.165, 1.54) is 0 Å². The maximum Gasteiger partial charge on any atom is 0.307 e. The van der Waals surface area contributed by atoms with Crippen LogP contribution >= 0.6 is 15.9 Å². The summed E-state index contributed by atoms with van der Waals surface area (Å²) in [6.07, 6.45) is -3.28. The molecule has 0 amide bonds. The van der Waals surface area contributed by atoms with Crippen molar-refractivity contribution in [3.05, 3.63) is 33.2 Å². The summed E-state index contributed by atoms with van der Waals surface area (Å²) in [4.78, 5) is 23.9. The predicted molar refractivity (Wildman–Crippen MR) is 56.0 cm³/mol. The number of halogens is 3. The van der Waals surface area contributed by atoms with E-state index < -0.39 is 30.1 Å². The molecule has 2 N–H and O–H groups in total. The van der Waals surface area contributed by atoms with Gasteiger partial charge in [-0.2, -0.15) is 0 Å². The third-order valence-electron chi connectivity index (χ3n) is 1.96. The molecule has 0 saturated heterocycles. The molecule has 7 heteroatoms. The van der Waals surface area contributed by atoms with Crippen molar-refractivity contribution < 1.29 is 18.7 Å². The molecule has 0 radical (unpaired) electrons. The number of pyridine rings is 1. The van der Waals surface area contributed by atoms with E-state index in [-0.39, 0.29) is 16.5 Å². The second-order valence-corrected chi connectivity index (χ2v) is 3.62. The summed E-state index contributed by atoms with van der Waals surface area (Å²) in [5, 5.41) is 8.71. The Morgan fingerprint density at radius 3 is 2.62 bits per heavy atom. The van der Waals surface area contributed by atoms with Crippen LogP contribution in [0, 0.1) is 0 Å². The number of alkyl halides is 3. The second kappa shape index (κ2) is 5.20.